The Kier molecular flexibility index (Phi) is 4.35. The van der Waals surface area contributed by atoms with Gasteiger partial charge in [-0.3, -0.25) is 0 Å². The van der Waals surface area contributed by atoms with Crippen molar-refractivity contribution in [2.24, 2.45) is 5.92 Å². The summed E-state index contributed by atoms with van der Waals surface area (Å²) in [5, 5.41) is 9.15. The van der Waals surface area contributed by atoms with Gasteiger partial charge in [0.2, 0.25) is 5.88 Å². The average molecular weight is 264 g/mol. The molecule has 5 nitrogen and oxygen atoms in total. The number of carboxylic acids is 1. The van der Waals surface area contributed by atoms with E-state index >= 15 is 0 Å². The quantitative estimate of drug-likeness (QED) is 0.905. The number of nitrogens with zero attached hydrogens (tertiary/aromatic N) is 2. The molecule has 0 saturated heterocycles. The van der Waals surface area contributed by atoms with Crippen LogP contribution in [0.5, 0.6) is 5.88 Å². The van der Waals surface area contributed by atoms with Gasteiger partial charge in [0.15, 0.2) is 0 Å². The minimum Gasteiger partial charge on any atom is -0.477 e. The molecule has 1 aromatic heterocycles. The maximum absolute atomic E-state index is 11.2. The van der Waals surface area contributed by atoms with Crippen LogP contribution in [0.3, 0.4) is 0 Å². The van der Waals surface area contributed by atoms with E-state index in [0.717, 1.165) is 25.7 Å². The highest BCUT2D eigenvalue weighted by atomic mass is 16.5. The minimum atomic E-state index is -1.04. The van der Waals surface area contributed by atoms with Crippen molar-refractivity contribution in [1.82, 2.24) is 9.97 Å². The zero-order valence-corrected chi connectivity index (χ0v) is 11.4. The number of hydrogen-bond acceptors (Lipinski definition) is 4. The van der Waals surface area contributed by atoms with Crippen molar-refractivity contribution in [2.45, 2.75) is 52.1 Å². The summed E-state index contributed by atoms with van der Waals surface area (Å²) >= 11 is 0. The fourth-order valence-corrected chi connectivity index (χ4v) is 2.62. The van der Waals surface area contributed by atoms with Crippen molar-refractivity contribution in [3.8, 4) is 5.88 Å². The molecule has 1 fully saturated rings. The molecule has 1 aromatic rings. The fraction of sp³-hybridized carbons (Fsp3) is 0.643. The first-order valence-corrected chi connectivity index (χ1v) is 6.85. The molecule has 1 aliphatic rings. The Hall–Kier alpha value is -1.65. The van der Waals surface area contributed by atoms with E-state index in [0.29, 0.717) is 11.7 Å². The molecule has 2 unspecified atom stereocenters. The summed E-state index contributed by atoms with van der Waals surface area (Å²) in [5.41, 5.74) is 0.0472. The number of carboxylic acid groups (broad SMARTS) is 1. The first kappa shape index (κ1) is 13.8. The van der Waals surface area contributed by atoms with Crippen LogP contribution in [0.4, 0.5) is 0 Å². The Morgan fingerprint density at radius 1 is 1.47 bits per heavy atom. The molecular formula is C14H20N2O3. The molecule has 0 aliphatic heterocycles. The van der Waals surface area contributed by atoms with Crippen molar-refractivity contribution in [3.05, 3.63) is 17.6 Å². The largest absolute Gasteiger partial charge is 0.477 e. The van der Waals surface area contributed by atoms with Gasteiger partial charge in [-0.2, -0.15) is 4.98 Å². The first-order valence-electron chi connectivity index (χ1n) is 6.85. The lowest BCUT2D eigenvalue weighted by atomic mass is 9.85. The topological polar surface area (TPSA) is 72.3 Å². The van der Waals surface area contributed by atoms with Crippen molar-refractivity contribution < 1.29 is 14.6 Å². The second-order valence-corrected chi connectivity index (χ2v) is 5.05. The monoisotopic (exact) mass is 264 g/mol. The molecule has 1 N–H and O–H groups in total. The van der Waals surface area contributed by atoms with Crippen molar-refractivity contribution in [3.63, 3.8) is 0 Å². The van der Waals surface area contributed by atoms with Crippen molar-refractivity contribution in [2.75, 3.05) is 0 Å². The summed E-state index contributed by atoms with van der Waals surface area (Å²) in [6.45, 7) is 3.88. The van der Waals surface area contributed by atoms with Crippen LogP contribution in [0, 0.1) is 12.8 Å². The third kappa shape index (κ3) is 3.22. The Balaban J connectivity index is 2.21. The molecule has 0 aromatic carbocycles. The van der Waals surface area contributed by atoms with Gasteiger partial charge in [-0.25, -0.2) is 9.78 Å². The van der Waals surface area contributed by atoms with E-state index in [2.05, 4.69) is 16.9 Å². The maximum atomic E-state index is 11.2. The SMILES string of the molecule is CCC1CCCCC1Oc1nc(C)ncc1C(=O)O. The number of carbonyl (C=O) groups is 1. The zero-order valence-electron chi connectivity index (χ0n) is 11.4. The van der Waals surface area contributed by atoms with Crippen molar-refractivity contribution in [1.29, 1.82) is 0 Å². The van der Waals surface area contributed by atoms with Gasteiger partial charge in [-0.1, -0.05) is 13.3 Å². The van der Waals surface area contributed by atoms with E-state index in [4.69, 9.17) is 9.84 Å². The molecule has 104 valence electrons. The standard InChI is InChI=1S/C14H20N2O3/c1-3-10-6-4-5-7-12(10)19-13-11(14(17)18)8-15-9(2)16-13/h8,10,12H,3-7H2,1-2H3,(H,17,18). The zero-order chi connectivity index (χ0) is 13.8. The molecule has 0 spiro atoms. The smallest absolute Gasteiger partial charge is 0.342 e. The Morgan fingerprint density at radius 3 is 2.89 bits per heavy atom. The summed E-state index contributed by atoms with van der Waals surface area (Å²) in [5.74, 6) is 0.193. The minimum absolute atomic E-state index is 0.0472. The molecule has 1 aliphatic carbocycles. The number of ether oxygens (including phenoxy) is 1. The molecule has 5 heteroatoms. The van der Waals surface area contributed by atoms with Gasteiger partial charge in [-0.05, 0) is 38.5 Å². The highest BCUT2D eigenvalue weighted by Gasteiger charge is 2.27. The van der Waals surface area contributed by atoms with E-state index in [-0.39, 0.29) is 17.5 Å². The molecule has 0 bridgehead atoms. The van der Waals surface area contributed by atoms with E-state index in [9.17, 15) is 4.79 Å². The van der Waals surface area contributed by atoms with Crippen LogP contribution in [0.2, 0.25) is 0 Å². The normalized spacial score (nSPS) is 23.1. The van der Waals surface area contributed by atoms with Gasteiger partial charge in [0.25, 0.3) is 0 Å². The van der Waals surface area contributed by atoms with E-state index in [1.165, 1.54) is 12.6 Å². The van der Waals surface area contributed by atoms with Gasteiger partial charge in [-0.15, -0.1) is 0 Å². The van der Waals surface area contributed by atoms with Gasteiger partial charge < -0.3 is 9.84 Å². The molecule has 1 heterocycles. The molecule has 19 heavy (non-hydrogen) atoms. The van der Waals surface area contributed by atoms with E-state index in [1.807, 2.05) is 0 Å². The Morgan fingerprint density at radius 2 is 2.21 bits per heavy atom. The lowest BCUT2D eigenvalue weighted by Gasteiger charge is -2.31. The van der Waals surface area contributed by atoms with Crippen LogP contribution in [0.15, 0.2) is 6.20 Å². The summed E-state index contributed by atoms with van der Waals surface area (Å²) in [6.07, 6.45) is 6.93. The Bertz CT molecular complexity index is 462. The van der Waals surface area contributed by atoms with Gasteiger partial charge in [0.05, 0.1) is 0 Å². The summed E-state index contributed by atoms with van der Waals surface area (Å²) in [4.78, 5) is 19.2. The number of aromatic carboxylic acids is 1. The van der Waals surface area contributed by atoms with Gasteiger partial charge in [0, 0.05) is 6.20 Å². The Labute approximate surface area is 113 Å². The second kappa shape index (κ2) is 5.99. The van der Waals surface area contributed by atoms with E-state index in [1.54, 1.807) is 6.92 Å². The molecule has 2 rings (SSSR count). The van der Waals surface area contributed by atoms with Crippen LogP contribution in [-0.4, -0.2) is 27.1 Å². The predicted molar refractivity (Wildman–Crippen MR) is 70.4 cm³/mol. The summed E-state index contributed by atoms with van der Waals surface area (Å²) in [6, 6.07) is 0. The van der Waals surface area contributed by atoms with Crippen LogP contribution in [0.1, 0.15) is 55.2 Å². The molecule has 0 radical (unpaired) electrons. The van der Waals surface area contributed by atoms with Crippen LogP contribution in [0.25, 0.3) is 0 Å². The van der Waals surface area contributed by atoms with E-state index < -0.39 is 5.97 Å². The highest BCUT2D eigenvalue weighted by Crippen LogP contribution is 2.30. The number of hydrogen-bond donors (Lipinski definition) is 1. The number of rotatable bonds is 4. The lowest BCUT2D eigenvalue weighted by molar-refractivity contribution is 0.0652. The number of aromatic nitrogens is 2. The first-order chi connectivity index (χ1) is 9.11. The third-order valence-electron chi connectivity index (χ3n) is 3.73. The molecule has 2 atom stereocenters. The third-order valence-corrected chi connectivity index (χ3v) is 3.73. The summed E-state index contributed by atoms with van der Waals surface area (Å²) < 4.78 is 5.90. The van der Waals surface area contributed by atoms with Gasteiger partial charge in [0.1, 0.15) is 17.5 Å². The number of aryl methyl sites for hydroxylation is 1. The van der Waals surface area contributed by atoms with Gasteiger partial charge >= 0.3 is 5.97 Å². The lowest BCUT2D eigenvalue weighted by Crippen LogP contribution is -2.31. The van der Waals surface area contributed by atoms with Crippen LogP contribution in [-0.2, 0) is 0 Å². The second-order valence-electron chi connectivity index (χ2n) is 5.05. The fourth-order valence-electron chi connectivity index (χ4n) is 2.62. The molecule has 1 saturated carbocycles. The van der Waals surface area contributed by atoms with Crippen molar-refractivity contribution >= 4 is 5.97 Å². The predicted octanol–water partition coefficient (Wildman–Crippen LogP) is 2.83. The van der Waals surface area contributed by atoms with Crippen LogP contribution < -0.4 is 4.74 Å². The summed E-state index contributed by atoms with van der Waals surface area (Å²) in [7, 11) is 0. The van der Waals surface area contributed by atoms with Crippen LogP contribution >= 0.6 is 0 Å². The average Bonchev–Trinajstić information content (AvgIpc) is 2.39. The molecular weight excluding hydrogens is 244 g/mol. The maximum Gasteiger partial charge on any atom is 0.342 e. The highest BCUT2D eigenvalue weighted by molar-refractivity contribution is 5.89. The molecule has 0 amide bonds.